The molecule has 0 bridgehead atoms. The van der Waals surface area contributed by atoms with Crippen molar-refractivity contribution in [1.29, 1.82) is 0 Å². The van der Waals surface area contributed by atoms with E-state index >= 15 is 0 Å². The van der Waals surface area contributed by atoms with E-state index in [2.05, 4.69) is 83.1 Å². The second-order valence-corrected chi connectivity index (χ2v) is 9.79. The van der Waals surface area contributed by atoms with Crippen LogP contribution in [0.1, 0.15) is 71.1 Å². The Kier molecular flexibility index (Phi) is 27.3. The molecular weight excluding hydrogens is 576 g/mol. The third-order valence-corrected chi connectivity index (χ3v) is 5.99. The molecule has 10 heteroatoms. The third kappa shape index (κ3) is 26.1. The standard InChI is InChI=1S/C35H52N2O8/c1-3-4-5-6-7-8-9-10-11-12-13-14-15-16-17-18-19-20-21-24-32(40)36-27-22-23-31(35(43)45-30(28-38)29-39)37-33(41)25-26-34(42)44-2/h4-5,7-8,10-11,13-14,16-17,19-20,25-26,30-31,38-39H,3,6,9,12,15,18,21-24,27-29H2,1-2H3,(H,36,40)(H,37,41)/t31-/m0/s1. The van der Waals surface area contributed by atoms with Gasteiger partial charge in [-0.05, 0) is 57.8 Å². The number of allylic oxidation sites excluding steroid dienone is 12. The van der Waals surface area contributed by atoms with Gasteiger partial charge in [-0.1, -0.05) is 79.8 Å². The fourth-order valence-electron chi connectivity index (χ4n) is 3.54. The highest BCUT2D eigenvalue weighted by atomic mass is 16.6. The molecule has 0 spiro atoms. The van der Waals surface area contributed by atoms with Crippen molar-refractivity contribution in [2.75, 3.05) is 26.9 Å². The molecule has 0 aromatic heterocycles. The Morgan fingerprint density at radius 2 is 1.24 bits per heavy atom. The number of carbonyl (C=O) groups excluding carboxylic acids is 4. The minimum atomic E-state index is -1.13. The Morgan fingerprint density at radius 3 is 1.73 bits per heavy atom. The normalized spacial score (nSPS) is 13.0. The predicted octanol–water partition coefficient (Wildman–Crippen LogP) is 4.47. The maximum absolute atomic E-state index is 12.4. The van der Waals surface area contributed by atoms with Gasteiger partial charge in [0.05, 0.1) is 20.3 Å². The van der Waals surface area contributed by atoms with E-state index in [4.69, 9.17) is 14.9 Å². The van der Waals surface area contributed by atoms with Gasteiger partial charge >= 0.3 is 11.9 Å². The van der Waals surface area contributed by atoms with E-state index in [1.807, 2.05) is 12.2 Å². The molecule has 0 saturated heterocycles. The third-order valence-electron chi connectivity index (χ3n) is 5.99. The molecule has 0 rings (SSSR count). The number of carbonyl (C=O) groups is 4. The zero-order chi connectivity index (χ0) is 33.4. The van der Waals surface area contributed by atoms with Gasteiger partial charge in [-0.25, -0.2) is 9.59 Å². The van der Waals surface area contributed by atoms with Crippen molar-refractivity contribution < 1.29 is 38.9 Å². The Balaban J connectivity index is 4.24. The van der Waals surface area contributed by atoms with Gasteiger partial charge in [0.2, 0.25) is 11.8 Å². The molecule has 0 aromatic rings. The average molecular weight is 629 g/mol. The summed E-state index contributed by atoms with van der Waals surface area (Å²) in [7, 11) is 1.16. The van der Waals surface area contributed by atoms with Crippen molar-refractivity contribution in [3.05, 3.63) is 85.1 Å². The van der Waals surface area contributed by atoms with Gasteiger partial charge in [0, 0.05) is 25.1 Å². The van der Waals surface area contributed by atoms with Crippen LogP contribution in [0.25, 0.3) is 0 Å². The number of ether oxygens (including phenoxy) is 2. The predicted molar refractivity (Wildman–Crippen MR) is 177 cm³/mol. The van der Waals surface area contributed by atoms with Crippen molar-refractivity contribution >= 4 is 23.8 Å². The second-order valence-electron chi connectivity index (χ2n) is 9.79. The first-order chi connectivity index (χ1) is 21.9. The highest BCUT2D eigenvalue weighted by molar-refractivity contribution is 5.96. The molecule has 0 unspecified atom stereocenters. The molecule has 250 valence electrons. The van der Waals surface area contributed by atoms with Gasteiger partial charge < -0.3 is 30.3 Å². The monoisotopic (exact) mass is 628 g/mol. The summed E-state index contributed by atoms with van der Waals surface area (Å²) < 4.78 is 9.43. The van der Waals surface area contributed by atoms with Gasteiger partial charge in [-0.15, -0.1) is 0 Å². The lowest BCUT2D eigenvalue weighted by Gasteiger charge is -2.20. The van der Waals surface area contributed by atoms with Crippen LogP contribution in [0, 0.1) is 0 Å². The lowest BCUT2D eigenvalue weighted by atomic mass is 10.1. The van der Waals surface area contributed by atoms with E-state index in [-0.39, 0.29) is 18.9 Å². The molecule has 0 heterocycles. The van der Waals surface area contributed by atoms with Crippen molar-refractivity contribution in [2.24, 2.45) is 0 Å². The van der Waals surface area contributed by atoms with Crippen LogP contribution in [0.4, 0.5) is 0 Å². The second kappa shape index (κ2) is 30.0. The van der Waals surface area contributed by atoms with E-state index in [9.17, 15) is 19.2 Å². The SMILES string of the molecule is CCC=CCC=CCC=CCC=CCC=CCC=CCCC(=O)NCCC[C@H](NC(=O)C=CC(=O)OC)C(=O)OC(CO)CO. The van der Waals surface area contributed by atoms with Gasteiger partial charge in [0.1, 0.15) is 12.1 Å². The Bertz CT molecular complexity index is 1040. The number of amides is 2. The molecule has 45 heavy (non-hydrogen) atoms. The number of rotatable bonds is 25. The van der Waals surface area contributed by atoms with Crippen molar-refractivity contribution in [2.45, 2.75) is 83.3 Å². The summed E-state index contributed by atoms with van der Waals surface area (Å²) in [5, 5.41) is 23.5. The van der Waals surface area contributed by atoms with Crippen LogP contribution in [0.2, 0.25) is 0 Å². The summed E-state index contributed by atoms with van der Waals surface area (Å²) in [6.07, 6.45) is 33.2. The molecule has 1 atom stereocenters. The smallest absolute Gasteiger partial charge is 0.330 e. The summed E-state index contributed by atoms with van der Waals surface area (Å²) >= 11 is 0. The number of methoxy groups -OCH3 is 1. The number of esters is 2. The Labute approximate surface area is 268 Å². The topological polar surface area (TPSA) is 151 Å². The minimum absolute atomic E-state index is 0.119. The van der Waals surface area contributed by atoms with Gasteiger partial charge in [-0.2, -0.15) is 0 Å². The Hall–Kier alpha value is -4.02. The zero-order valence-corrected chi connectivity index (χ0v) is 26.8. The molecule has 0 aromatic carbocycles. The summed E-state index contributed by atoms with van der Waals surface area (Å²) in [5.41, 5.74) is 0. The van der Waals surface area contributed by atoms with Crippen LogP contribution >= 0.6 is 0 Å². The van der Waals surface area contributed by atoms with Crippen LogP contribution in [-0.4, -0.2) is 73.0 Å². The van der Waals surface area contributed by atoms with Crippen molar-refractivity contribution in [3.63, 3.8) is 0 Å². The van der Waals surface area contributed by atoms with Crippen LogP contribution in [0.15, 0.2) is 85.1 Å². The van der Waals surface area contributed by atoms with E-state index in [1.165, 1.54) is 0 Å². The number of hydrogen-bond acceptors (Lipinski definition) is 8. The summed E-state index contributed by atoms with van der Waals surface area (Å²) in [6.45, 7) is 1.23. The molecule has 0 radical (unpaired) electrons. The molecule has 2 amide bonds. The first-order valence-corrected chi connectivity index (χ1v) is 15.5. The first-order valence-electron chi connectivity index (χ1n) is 15.5. The fourth-order valence-corrected chi connectivity index (χ4v) is 3.54. The lowest BCUT2D eigenvalue weighted by Crippen LogP contribution is -2.44. The van der Waals surface area contributed by atoms with Crippen molar-refractivity contribution in [3.8, 4) is 0 Å². The van der Waals surface area contributed by atoms with Crippen LogP contribution < -0.4 is 10.6 Å². The van der Waals surface area contributed by atoms with Gasteiger partial charge in [0.25, 0.3) is 0 Å². The number of hydrogen-bond donors (Lipinski definition) is 4. The summed E-state index contributed by atoms with van der Waals surface area (Å²) in [5.74, 6) is -2.46. The van der Waals surface area contributed by atoms with E-state index in [1.54, 1.807) is 0 Å². The first kappa shape index (κ1) is 41.0. The number of aliphatic hydroxyl groups excluding tert-OH is 2. The lowest BCUT2D eigenvalue weighted by molar-refractivity contribution is -0.157. The van der Waals surface area contributed by atoms with Gasteiger partial charge in [0.15, 0.2) is 0 Å². The zero-order valence-electron chi connectivity index (χ0n) is 26.8. The van der Waals surface area contributed by atoms with E-state index in [0.29, 0.717) is 19.3 Å². The molecular formula is C35H52N2O8. The molecule has 0 aliphatic carbocycles. The fraction of sp³-hybridized carbons (Fsp3) is 0.486. The molecule has 0 saturated carbocycles. The number of aliphatic hydroxyl groups is 2. The van der Waals surface area contributed by atoms with E-state index in [0.717, 1.165) is 57.8 Å². The summed E-state index contributed by atoms with van der Waals surface area (Å²) in [4.78, 5) is 47.9. The average Bonchev–Trinajstić information content (AvgIpc) is 3.04. The Morgan fingerprint density at radius 1 is 0.733 bits per heavy atom. The van der Waals surface area contributed by atoms with Crippen molar-refractivity contribution in [1.82, 2.24) is 10.6 Å². The van der Waals surface area contributed by atoms with Crippen LogP contribution in [-0.2, 0) is 28.7 Å². The molecule has 4 N–H and O–H groups in total. The molecule has 10 nitrogen and oxygen atoms in total. The molecule has 0 aliphatic heterocycles. The highest BCUT2D eigenvalue weighted by Gasteiger charge is 2.24. The van der Waals surface area contributed by atoms with E-state index < -0.39 is 43.2 Å². The summed E-state index contributed by atoms with van der Waals surface area (Å²) in [6, 6.07) is -1.11. The largest absolute Gasteiger partial charge is 0.466 e. The maximum atomic E-state index is 12.4. The molecule has 0 fully saturated rings. The molecule has 0 aliphatic rings. The highest BCUT2D eigenvalue weighted by Crippen LogP contribution is 2.04. The van der Waals surface area contributed by atoms with Crippen LogP contribution in [0.5, 0.6) is 0 Å². The number of nitrogens with one attached hydrogen (secondary N) is 2. The van der Waals surface area contributed by atoms with Gasteiger partial charge in [-0.3, -0.25) is 9.59 Å². The minimum Gasteiger partial charge on any atom is -0.466 e. The van der Waals surface area contributed by atoms with Crippen LogP contribution in [0.3, 0.4) is 0 Å². The quantitative estimate of drug-likeness (QED) is 0.0501. The maximum Gasteiger partial charge on any atom is 0.330 e.